The van der Waals surface area contributed by atoms with Gasteiger partial charge in [0.25, 0.3) is 0 Å². The van der Waals surface area contributed by atoms with E-state index in [4.69, 9.17) is 10.00 Å². The molecule has 0 aliphatic rings. The minimum absolute atomic E-state index is 0.514. The Kier molecular flexibility index (Phi) is 4.81. The van der Waals surface area contributed by atoms with Crippen LogP contribution >= 0.6 is 0 Å². The monoisotopic (exact) mass is 282 g/mol. The highest BCUT2D eigenvalue weighted by atomic mass is 16.5. The van der Waals surface area contributed by atoms with Crippen molar-refractivity contribution in [3.05, 3.63) is 59.2 Å². The molecule has 0 heterocycles. The molecule has 2 N–H and O–H groups in total. The molecule has 4 heteroatoms. The molecular formula is C17H18N2O2. The van der Waals surface area contributed by atoms with Gasteiger partial charge in [0, 0.05) is 17.8 Å². The highest BCUT2D eigenvalue weighted by molar-refractivity contribution is 5.53. The van der Waals surface area contributed by atoms with Crippen LogP contribution in [-0.4, -0.2) is 12.2 Å². The van der Waals surface area contributed by atoms with E-state index in [1.165, 1.54) is 0 Å². The smallest absolute Gasteiger partial charge is 0.136 e. The lowest BCUT2D eigenvalue weighted by Crippen LogP contribution is -2.04. The van der Waals surface area contributed by atoms with Gasteiger partial charge in [-0.15, -0.1) is 0 Å². The van der Waals surface area contributed by atoms with Crippen molar-refractivity contribution in [3.63, 3.8) is 0 Å². The molecule has 1 unspecified atom stereocenters. The lowest BCUT2D eigenvalue weighted by molar-refractivity contribution is 0.200. The summed E-state index contributed by atoms with van der Waals surface area (Å²) in [5, 5.41) is 22.1. The Morgan fingerprint density at radius 2 is 2.05 bits per heavy atom. The van der Waals surface area contributed by atoms with E-state index in [1.54, 1.807) is 26.2 Å². The number of nitriles is 1. The minimum Gasteiger partial charge on any atom is -0.495 e. The van der Waals surface area contributed by atoms with Crippen molar-refractivity contribution in [2.24, 2.45) is 0 Å². The molecule has 0 fully saturated rings. The molecule has 2 aromatic carbocycles. The number of para-hydroxylation sites is 1. The lowest BCUT2D eigenvalue weighted by atomic mass is 10.1. The maximum atomic E-state index is 9.75. The van der Waals surface area contributed by atoms with E-state index in [2.05, 4.69) is 11.4 Å². The summed E-state index contributed by atoms with van der Waals surface area (Å²) in [6.45, 7) is 2.31. The molecule has 0 aliphatic carbocycles. The standard InChI is InChI=1S/C17H18N2O2/c1-12(20)15-5-3-4-6-16(15)19-11-13-7-8-17(21-2)14(9-13)10-18/h3-9,12,19-20H,11H2,1-2H3. The first kappa shape index (κ1) is 14.9. The fourth-order valence-electron chi connectivity index (χ4n) is 2.17. The average Bonchev–Trinajstić information content (AvgIpc) is 2.52. The molecule has 2 rings (SSSR count). The van der Waals surface area contributed by atoms with E-state index in [0.29, 0.717) is 17.9 Å². The third-order valence-corrected chi connectivity index (χ3v) is 3.28. The summed E-state index contributed by atoms with van der Waals surface area (Å²) in [4.78, 5) is 0. The molecule has 2 aromatic rings. The number of hydrogen-bond donors (Lipinski definition) is 2. The van der Waals surface area contributed by atoms with Crippen molar-refractivity contribution in [3.8, 4) is 11.8 Å². The molecular weight excluding hydrogens is 264 g/mol. The second-order valence-corrected chi connectivity index (χ2v) is 4.76. The van der Waals surface area contributed by atoms with Gasteiger partial charge in [-0.3, -0.25) is 0 Å². The van der Waals surface area contributed by atoms with Gasteiger partial charge in [-0.1, -0.05) is 24.3 Å². The molecule has 4 nitrogen and oxygen atoms in total. The van der Waals surface area contributed by atoms with Gasteiger partial charge in [0.1, 0.15) is 11.8 Å². The molecule has 0 radical (unpaired) electrons. The van der Waals surface area contributed by atoms with Gasteiger partial charge in [-0.25, -0.2) is 0 Å². The highest BCUT2D eigenvalue weighted by Crippen LogP contribution is 2.24. The van der Waals surface area contributed by atoms with Crippen LogP contribution in [-0.2, 0) is 6.54 Å². The van der Waals surface area contributed by atoms with Gasteiger partial charge in [0.15, 0.2) is 0 Å². The van der Waals surface area contributed by atoms with E-state index >= 15 is 0 Å². The van der Waals surface area contributed by atoms with Crippen LogP contribution in [0, 0.1) is 11.3 Å². The van der Waals surface area contributed by atoms with E-state index < -0.39 is 6.10 Å². The summed E-state index contributed by atoms with van der Waals surface area (Å²) in [5.74, 6) is 0.575. The van der Waals surface area contributed by atoms with Crippen molar-refractivity contribution < 1.29 is 9.84 Å². The van der Waals surface area contributed by atoms with Gasteiger partial charge in [0.05, 0.1) is 18.8 Å². The van der Waals surface area contributed by atoms with Crippen LogP contribution in [0.15, 0.2) is 42.5 Å². The lowest BCUT2D eigenvalue weighted by Gasteiger charge is -2.14. The Morgan fingerprint density at radius 1 is 1.29 bits per heavy atom. The normalized spacial score (nSPS) is 11.5. The van der Waals surface area contributed by atoms with Gasteiger partial charge >= 0.3 is 0 Å². The number of ether oxygens (including phenoxy) is 1. The maximum Gasteiger partial charge on any atom is 0.136 e. The van der Waals surface area contributed by atoms with Crippen LogP contribution in [0.3, 0.4) is 0 Å². The predicted octanol–water partition coefficient (Wildman–Crippen LogP) is 3.23. The van der Waals surface area contributed by atoms with E-state index in [9.17, 15) is 5.11 Å². The van der Waals surface area contributed by atoms with Crippen molar-refractivity contribution >= 4 is 5.69 Å². The first-order valence-corrected chi connectivity index (χ1v) is 6.73. The molecule has 0 saturated carbocycles. The van der Waals surface area contributed by atoms with Crippen LogP contribution in [0.2, 0.25) is 0 Å². The molecule has 0 spiro atoms. The fraction of sp³-hybridized carbons (Fsp3) is 0.235. The third kappa shape index (κ3) is 3.53. The largest absolute Gasteiger partial charge is 0.495 e. The summed E-state index contributed by atoms with van der Waals surface area (Å²) in [5.41, 5.74) is 3.24. The number of aliphatic hydroxyl groups excluding tert-OH is 1. The summed E-state index contributed by atoms with van der Waals surface area (Å²) in [7, 11) is 1.55. The average molecular weight is 282 g/mol. The van der Waals surface area contributed by atoms with Crippen LogP contribution in [0.1, 0.15) is 29.7 Å². The van der Waals surface area contributed by atoms with Gasteiger partial charge in [0.2, 0.25) is 0 Å². The molecule has 21 heavy (non-hydrogen) atoms. The molecule has 108 valence electrons. The number of anilines is 1. The Morgan fingerprint density at radius 3 is 2.71 bits per heavy atom. The zero-order valence-electron chi connectivity index (χ0n) is 12.1. The number of benzene rings is 2. The SMILES string of the molecule is COc1ccc(CNc2ccccc2C(C)O)cc1C#N. The second-order valence-electron chi connectivity index (χ2n) is 4.76. The molecule has 0 aromatic heterocycles. The molecule has 0 amide bonds. The van der Waals surface area contributed by atoms with E-state index in [0.717, 1.165) is 16.8 Å². The van der Waals surface area contributed by atoms with Crippen molar-refractivity contribution in [2.45, 2.75) is 19.6 Å². The van der Waals surface area contributed by atoms with Crippen LogP contribution in [0.25, 0.3) is 0 Å². The Hall–Kier alpha value is -2.51. The number of rotatable bonds is 5. The first-order valence-electron chi connectivity index (χ1n) is 6.73. The zero-order valence-corrected chi connectivity index (χ0v) is 12.1. The summed E-state index contributed by atoms with van der Waals surface area (Å²) in [6.07, 6.45) is -0.528. The van der Waals surface area contributed by atoms with Crippen molar-refractivity contribution in [2.75, 3.05) is 12.4 Å². The molecule has 1 atom stereocenters. The third-order valence-electron chi connectivity index (χ3n) is 3.28. The van der Waals surface area contributed by atoms with Crippen molar-refractivity contribution in [1.82, 2.24) is 0 Å². The zero-order chi connectivity index (χ0) is 15.2. The van der Waals surface area contributed by atoms with E-state index in [-0.39, 0.29) is 0 Å². The minimum atomic E-state index is -0.528. The van der Waals surface area contributed by atoms with Crippen LogP contribution in [0.4, 0.5) is 5.69 Å². The highest BCUT2D eigenvalue weighted by Gasteiger charge is 2.08. The fourth-order valence-corrected chi connectivity index (χ4v) is 2.17. The van der Waals surface area contributed by atoms with E-state index in [1.807, 2.05) is 30.3 Å². The first-order chi connectivity index (χ1) is 10.2. The Labute approximate surface area is 124 Å². The summed E-state index contributed by atoms with van der Waals surface area (Å²) >= 11 is 0. The number of hydrogen-bond acceptors (Lipinski definition) is 4. The molecule has 0 aliphatic heterocycles. The Balaban J connectivity index is 2.16. The molecule has 0 saturated heterocycles. The van der Waals surface area contributed by atoms with Crippen LogP contribution < -0.4 is 10.1 Å². The summed E-state index contributed by atoms with van der Waals surface area (Å²) in [6, 6.07) is 15.3. The van der Waals surface area contributed by atoms with Gasteiger partial charge in [-0.2, -0.15) is 5.26 Å². The number of nitrogens with zero attached hydrogens (tertiary/aromatic N) is 1. The van der Waals surface area contributed by atoms with Crippen LogP contribution in [0.5, 0.6) is 5.75 Å². The Bertz CT molecular complexity index is 660. The summed E-state index contributed by atoms with van der Waals surface area (Å²) < 4.78 is 5.13. The number of nitrogens with one attached hydrogen (secondary N) is 1. The predicted molar refractivity (Wildman–Crippen MR) is 82.1 cm³/mol. The molecule has 0 bridgehead atoms. The quantitative estimate of drug-likeness (QED) is 0.883. The number of aliphatic hydroxyl groups is 1. The topological polar surface area (TPSA) is 65.3 Å². The van der Waals surface area contributed by atoms with Gasteiger partial charge < -0.3 is 15.2 Å². The maximum absolute atomic E-state index is 9.75. The second kappa shape index (κ2) is 6.78. The van der Waals surface area contributed by atoms with Gasteiger partial charge in [-0.05, 0) is 30.7 Å². The van der Waals surface area contributed by atoms with Crippen molar-refractivity contribution in [1.29, 1.82) is 5.26 Å². The number of methoxy groups -OCH3 is 1.